The van der Waals surface area contributed by atoms with Crippen LogP contribution < -0.4 is 9.80 Å². The minimum absolute atomic E-state index is 0.229. The number of aromatic nitrogens is 2. The van der Waals surface area contributed by atoms with Gasteiger partial charge < -0.3 is 19.4 Å². The lowest BCUT2D eigenvalue weighted by Gasteiger charge is -2.35. The van der Waals surface area contributed by atoms with E-state index in [-0.39, 0.29) is 6.09 Å². The Hall–Kier alpha value is -2.83. The summed E-state index contributed by atoms with van der Waals surface area (Å²) in [7, 11) is 0. The molecule has 2 aromatic rings. The Balaban J connectivity index is 1.58. The number of carbonyl (C=O) groups excluding carboxylic acids is 1. The molecule has 1 aromatic carbocycles. The van der Waals surface area contributed by atoms with Gasteiger partial charge in [0.15, 0.2) is 0 Å². The van der Waals surface area contributed by atoms with Crippen LogP contribution in [0, 0.1) is 0 Å². The summed E-state index contributed by atoms with van der Waals surface area (Å²) < 4.78 is 5.12. The quantitative estimate of drug-likeness (QED) is 0.811. The van der Waals surface area contributed by atoms with Gasteiger partial charge in [0.1, 0.15) is 5.82 Å². The van der Waals surface area contributed by atoms with E-state index in [1.807, 2.05) is 25.1 Å². The van der Waals surface area contributed by atoms with Crippen LogP contribution in [0.1, 0.15) is 19.8 Å². The fraction of sp³-hybridized carbons (Fsp3) is 0.476. The molecule has 28 heavy (non-hydrogen) atoms. The zero-order valence-electron chi connectivity index (χ0n) is 16.4. The first-order valence-corrected chi connectivity index (χ1v) is 10.1. The van der Waals surface area contributed by atoms with Gasteiger partial charge >= 0.3 is 6.09 Å². The molecular formula is C21H27N5O2. The predicted octanol–water partition coefficient (Wildman–Crippen LogP) is 3.02. The number of carbonyl (C=O) groups is 1. The normalized spacial score (nSPS) is 17.1. The van der Waals surface area contributed by atoms with Crippen LogP contribution in [0.25, 0.3) is 11.3 Å². The highest BCUT2D eigenvalue weighted by molar-refractivity contribution is 5.68. The molecule has 2 aliphatic rings. The van der Waals surface area contributed by atoms with Crippen LogP contribution >= 0.6 is 0 Å². The van der Waals surface area contributed by atoms with Gasteiger partial charge in [-0.25, -0.2) is 9.78 Å². The van der Waals surface area contributed by atoms with Crippen LogP contribution in [-0.2, 0) is 4.74 Å². The molecule has 7 heteroatoms. The number of ether oxygens (including phenoxy) is 1. The first kappa shape index (κ1) is 18.5. The lowest BCUT2D eigenvalue weighted by molar-refractivity contribution is 0.105. The molecule has 0 aliphatic carbocycles. The van der Waals surface area contributed by atoms with E-state index < -0.39 is 0 Å². The Morgan fingerprint density at radius 3 is 2.36 bits per heavy atom. The number of rotatable bonds is 4. The van der Waals surface area contributed by atoms with Crippen LogP contribution in [-0.4, -0.2) is 66.8 Å². The monoisotopic (exact) mass is 381 g/mol. The average molecular weight is 381 g/mol. The van der Waals surface area contributed by atoms with Crippen LogP contribution in [0.2, 0.25) is 0 Å². The maximum atomic E-state index is 12.0. The summed E-state index contributed by atoms with van der Waals surface area (Å²) in [6.45, 7) is 7.02. The second kappa shape index (κ2) is 8.46. The SMILES string of the molecule is CCOC(=O)N1CCN(c2cc(-c3ccccc3)nc(N3CCCC3)n2)CC1. The summed E-state index contributed by atoms with van der Waals surface area (Å²) in [5, 5.41) is 0. The Labute approximate surface area is 165 Å². The molecule has 7 nitrogen and oxygen atoms in total. The van der Waals surface area contributed by atoms with Gasteiger partial charge in [-0.15, -0.1) is 0 Å². The van der Waals surface area contributed by atoms with Crippen molar-refractivity contribution in [2.45, 2.75) is 19.8 Å². The first-order valence-electron chi connectivity index (χ1n) is 10.1. The van der Waals surface area contributed by atoms with Crippen LogP contribution in [0.3, 0.4) is 0 Å². The second-order valence-electron chi connectivity index (χ2n) is 7.14. The fourth-order valence-electron chi connectivity index (χ4n) is 3.73. The molecule has 148 valence electrons. The molecule has 2 fully saturated rings. The van der Waals surface area contributed by atoms with Crippen molar-refractivity contribution in [2.24, 2.45) is 0 Å². The van der Waals surface area contributed by atoms with Crippen molar-refractivity contribution in [1.82, 2.24) is 14.9 Å². The molecule has 3 heterocycles. The molecule has 2 saturated heterocycles. The van der Waals surface area contributed by atoms with E-state index in [9.17, 15) is 4.79 Å². The molecule has 0 atom stereocenters. The lowest BCUT2D eigenvalue weighted by atomic mass is 10.1. The first-order chi connectivity index (χ1) is 13.7. The maximum Gasteiger partial charge on any atom is 0.409 e. The third-order valence-corrected chi connectivity index (χ3v) is 5.29. The summed E-state index contributed by atoms with van der Waals surface area (Å²) >= 11 is 0. The van der Waals surface area contributed by atoms with E-state index >= 15 is 0 Å². The summed E-state index contributed by atoms with van der Waals surface area (Å²) in [4.78, 5) is 28.0. The molecule has 0 N–H and O–H groups in total. The molecule has 0 unspecified atom stereocenters. The van der Waals surface area contributed by atoms with Crippen molar-refractivity contribution in [3.05, 3.63) is 36.4 Å². The van der Waals surface area contributed by atoms with Crippen molar-refractivity contribution in [2.75, 3.05) is 55.7 Å². The summed E-state index contributed by atoms with van der Waals surface area (Å²) in [5.74, 6) is 1.74. The summed E-state index contributed by atoms with van der Waals surface area (Å²) in [6, 6.07) is 12.3. The minimum Gasteiger partial charge on any atom is -0.450 e. The number of nitrogens with zero attached hydrogens (tertiary/aromatic N) is 5. The third kappa shape index (κ3) is 4.03. The van der Waals surface area contributed by atoms with Crippen LogP contribution in [0.15, 0.2) is 36.4 Å². The molecule has 0 radical (unpaired) electrons. The van der Waals surface area contributed by atoms with Crippen molar-refractivity contribution >= 4 is 17.9 Å². The van der Waals surface area contributed by atoms with Crippen molar-refractivity contribution in [3.63, 3.8) is 0 Å². The lowest BCUT2D eigenvalue weighted by Crippen LogP contribution is -2.49. The van der Waals surface area contributed by atoms with Crippen LogP contribution in [0.4, 0.5) is 16.6 Å². The number of anilines is 2. The maximum absolute atomic E-state index is 12.0. The van der Waals surface area contributed by atoms with Gasteiger partial charge in [-0.1, -0.05) is 30.3 Å². The Morgan fingerprint density at radius 1 is 0.964 bits per heavy atom. The Bertz CT molecular complexity index is 800. The van der Waals surface area contributed by atoms with Crippen molar-refractivity contribution in [3.8, 4) is 11.3 Å². The zero-order valence-corrected chi connectivity index (χ0v) is 16.4. The van der Waals surface area contributed by atoms with Gasteiger partial charge in [-0.2, -0.15) is 4.98 Å². The average Bonchev–Trinajstić information content (AvgIpc) is 3.29. The zero-order chi connectivity index (χ0) is 19.3. The van der Waals surface area contributed by atoms with Gasteiger partial charge in [-0.05, 0) is 19.8 Å². The third-order valence-electron chi connectivity index (χ3n) is 5.29. The van der Waals surface area contributed by atoms with Gasteiger partial charge in [0.25, 0.3) is 0 Å². The largest absolute Gasteiger partial charge is 0.450 e. The summed E-state index contributed by atoms with van der Waals surface area (Å²) in [6.07, 6.45) is 2.14. The topological polar surface area (TPSA) is 61.8 Å². The Kier molecular flexibility index (Phi) is 5.60. The standard InChI is InChI=1S/C21H27N5O2/c1-2-28-21(27)26-14-12-24(13-15-26)19-16-18(17-8-4-3-5-9-17)22-20(23-19)25-10-6-7-11-25/h3-5,8-9,16H,2,6-7,10-15H2,1H3. The van der Waals surface area contributed by atoms with E-state index in [0.717, 1.165) is 49.2 Å². The predicted molar refractivity (Wildman–Crippen MR) is 110 cm³/mol. The molecule has 4 rings (SSSR count). The number of benzene rings is 1. The van der Waals surface area contributed by atoms with Crippen LogP contribution in [0.5, 0.6) is 0 Å². The summed E-state index contributed by atoms with van der Waals surface area (Å²) in [5.41, 5.74) is 2.04. The highest BCUT2D eigenvalue weighted by Gasteiger charge is 2.24. The van der Waals surface area contributed by atoms with E-state index in [4.69, 9.17) is 14.7 Å². The van der Waals surface area contributed by atoms with Gasteiger partial charge in [-0.3, -0.25) is 0 Å². The minimum atomic E-state index is -0.229. The van der Waals surface area contributed by atoms with Gasteiger partial charge in [0, 0.05) is 50.9 Å². The molecular weight excluding hydrogens is 354 g/mol. The molecule has 0 bridgehead atoms. The number of amides is 1. The smallest absolute Gasteiger partial charge is 0.409 e. The number of hydrogen-bond acceptors (Lipinski definition) is 6. The van der Waals surface area contributed by atoms with Gasteiger partial charge in [0.05, 0.1) is 12.3 Å². The van der Waals surface area contributed by atoms with Crippen molar-refractivity contribution < 1.29 is 9.53 Å². The molecule has 2 aliphatic heterocycles. The van der Waals surface area contributed by atoms with E-state index in [0.29, 0.717) is 19.7 Å². The molecule has 1 amide bonds. The highest BCUT2D eigenvalue weighted by Crippen LogP contribution is 2.27. The highest BCUT2D eigenvalue weighted by atomic mass is 16.6. The van der Waals surface area contributed by atoms with E-state index in [1.165, 1.54) is 12.8 Å². The fourth-order valence-corrected chi connectivity index (χ4v) is 3.73. The molecule has 0 spiro atoms. The number of hydrogen-bond donors (Lipinski definition) is 0. The number of piperazine rings is 1. The Morgan fingerprint density at radius 2 is 1.68 bits per heavy atom. The molecule has 0 saturated carbocycles. The molecule has 1 aromatic heterocycles. The van der Waals surface area contributed by atoms with Crippen molar-refractivity contribution in [1.29, 1.82) is 0 Å². The second-order valence-corrected chi connectivity index (χ2v) is 7.14. The van der Waals surface area contributed by atoms with E-state index in [1.54, 1.807) is 4.90 Å². The van der Waals surface area contributed by atoms with Gasteiger partial charge in [0.2, 0.25) is 5.95 Å². The van der Waals surface area contributed by atoms with E-state index in [2.05, 4.69) is 28.0 Å².